The van der Waals surface area contributed by atoms with Crippen LogP contribution in [0, 0.1) is 56.7 Å². The van der Waals surface area contributed by atoms with Gasteiger partial charge in [0.2, 0.25) is 0 Å². The molecular formula is C20H20N6. The number of pyridine rings is 1. The summed E-state index contributed by atoms with van der Waals surface area (Å²) >= 11 is 0. The van der Waals surface area contributed by atoms with Crippen molar-refractivity contribution in [1.82, 2.24) is 9.88 Å². The normalized spacial score (nSPS) is 27.4. The van der Waals surface area contributed by atoms with Crippen molar-refractivity contribution in [2.45, 2.75) is 19.3 Å². The molecule has 0 aromatic carbocycles. The fourth-order valence-corrected chi connectivity index (χ4v) is 4.30. The van der Waals surface area contributed by atoms with Crippen LogP contribution in [0.3, 0.4) is 0 Å². The van der Waals surface area contributed by atoms with E-state index in [2.05, 4.69) is 35.0 Å². The lowest BCUT2D eigenvalue weighted by atomic mass is 9.54. The van der Waals surface area contributed by atoms with Crippen LogP contribution in [0.15, 0.2) is 36.2 Å². The van der Waals surface area contributed by atoms with E-state index in [1.807, 2.05) is 12.1 Å². The predicted octanol–water partition coefficient (Wildman–Crippen LogP) is 2.64. The zero-order valence-corrected chi connectivity index (χ0v) is 14.7. The van der Waals surface area contributed by atoms with Gasteiger partial charge in [-0.15, -0.1) is 0 Å². The number of hydrogen-bond donors (Lipinski definition) is 1. The standard InChI is InChI=1S/C20H20N6/c1-2-7-26-8-5-15-16(9-21)19(24)20(12-22,13-23)18(17(15)11-26)14-4-3-6-25-10-14/h3-6,10,16-18,24H,2,7-8,11H2,1H3/t16?,17-,18-/m0/s1. The fourth-order valence-electron chi connectivity index (χ4n) is 4.30. The summed E-state index contributed by atoms with van der Waals surface area (Å²) in [5, 5.41) is 38.1. The van der Waals surface area contributed by atoms with Gasteiger partial charge in [-0.05, 0) is 30.2 Å². The highest BCUT2D eigenvalue weighted by Crippen LogP contribution is 2.53. The summed E-state index contributed by atoms with van der Waals surface area (Å²) in [5.74, 6) is -1.47. The van der Waals surface area contributed by atoms with Crippen molar-refractivity contribution >= 4 is 5.71 Å². The molecule has 0 saturated heterocycles. The summed E-state index contributed by atoms with van der Waals surface area (Å²) in [6.45, 7) is 4.44. The minimum atomic E-state index is -1.65. The SMILES string of the molecule is CCCN1CC=C2C(C#N)C(=N)C(C#N)(C#N)[C@@H](c3cccnc3)[C@H]2C1. The Morgan fingerprint density at radius 2 is 2.12 bits per heavy atom. The van der Waals surface area contributed by atoms with E-state index < -0.39 is 17.3 Å². The Morgan fingerprint density at radius 1 is 1.35 bits per heavy atom. The third-order valence-corrected chi connectivity index (χ3v) is 5.45. The minimum Gasteiger partial charge on any atom is -0.305 e. The highest BCUT2D eigenvalue weighted by molar-refractivity contribution is 6.00. The van der Waals surface area contributed by atoms with E-state index >= 15 is 0 Å². The molecule has 0 bridgehead atoms. The van der Waals surface area contributed by atoms with Crippen molar-refractivity contribution < 1.29 is 0 Å². The predicted molar refractivity (Wildman–Crippen MR) is 95.8 cm³/mol. The molecule has 6 heteroatoms. The lowest BCUT2D eigenvalue weighted by Crippen LogP contribution is -2.53. The molecule has 130 valence electrons. The van der Waals surface area contributed by atoms with Crippen LogP contribution >= 0.6 is 0 Å². The van der Waals surface area contributed by atoms with E-state index in [1.54, 1.807) is 18.5 Å². The first kappa shape index (κ1) is 17.8. The summed E-state index contributed by atoms with van der Waals surface area (Å²) < 4.78 is 0. The molecule has 1 unspecified atom stereocenters. The summed E-state index contributed by atoms with van der Waals surface area (Å²) in [5.41, 5.74) is -0.114. The maximum absolute atomic E-state index is 9.94. The number of fused-ring (bicyclic) bond motifs is 1. The maximum atomic E-state index is 9.94. The summed E-state index contributed by atoms with van der Waals surface area (Å²) in [6.07, 6.45) is 6.35. The average molecular weight is 344 g/mol. The number of nitriles is 3. The van der Waals surface area contributed by atoms with Gasteiger partial charge in [-0.3, -0.25) is 9.88 Å². The first-order valence-corrected chi connectivity index (χ1v) is 8.76. The number of rotatable bonds is 3. The lowest BCUT2D eigenvalue weighted by Gasteiger charge is -2.47. The Balaban J connectivity index is 2.20. The molecular weight excluding hydrogens is 324 g/mol. The van der Waals surface area contributed by atoms with Gasteiger partial charge in [0.15, 0.2) is 5.41 Å². The van der Waals surface area contributed by atoms with Crippen molar-refractivity contribution in [2.75, 3.05) is 19.6 Å². The van der Waals surface area contributed by atoms with Crippen LogP contribution in [0.5, 0.6) is 0 Å². The van der Waals surface area contributed by atoms with Crippen LogP contribution in [0.2, 0.25) is 0 Å². The van der Waals surface area contributed by atoms with E-state index in [4.69, 9.17) is 5.41 Å². The van der Waals surface area contributed by atoms with Crippen LogP contribution in [-0.4, -0.2) is 35.2 Å². The molecule has 6 nitrogen and oxygen atoms in total. The maximum Gasteiger partial charge on any atom is 0.189 e. The van der Waals surface area contributed by atoms with Gasteiger partial charge in [-0.25, -0.2) is 0 Å². The van der Waals surface area contributed by atoms with E-state index in [0.717, 1.165) is 30.6 Å². The Morgan fingerprint density at radius 3 is 2.69 bits per heavy atom. The van der Waals surface area contributed by atoms with Gasteiger partial charge >= 0.3 is 0 Å². The Labute approximate surface area is 153 Å². The fraction of sp³-hybridized carbons (Fsp3) is 0.450. The molecule has 1 aliphatic carbocycles. The molecule has 26 heavy (non-hydrogen) atoms. The first-order chi connectivity index (χ1) is 12.6. The smallest absolute Gasteiger partial charge is 0.189 e. The molecule has 2 aliphatic rings. The van der Waals surface area contributed by atoms with Gasteiger partial charge < -0.3 is 5.41 Å². The Kier molecular flexibility index (Phi) is 4.85. The summed E-state index contributed by atoms with van der Waals surface area (Å²) in [4.78, 5) is 6.44. The summed E-state index contributed by atoms with van der Waals surface area (Å²) in [6, 6.07) is 10.0. The van der Waals surface area contributed by atoms with Gasteiger partial charge in [0, 0.05) is 37.3 Å². The van der Waals surface area contributed by atoms with Crippen molar-refractivity contribution in [2.24, 2.45) is 17.3 Å². The van der Waals surface area contributed by atoms with E-state index in [0.29, 0.717) is 6.54 Å². The first-order valence-electron chi connectivity index (χ1n) is 8.76. The molecule has 0 amide bonds. The molecule has 0 spiro atoms. The van der Waals surface area contributed by atoms with E-state index in [1.165, 1.54) is 0 Å². The molecule has 1 saturated carbocycles. The van der Waals surface area contributed by atoms with Gasteiger partial charge in [0.05, 0.1) is 23.9 Å². The van der Waals surface area contributed by atoms with Crippen LogP contribution < -0.4 is 0 Å². The highest BCUT2D eigenvalue weighted by atomic mass is 15.1. The van der Waals surface area contributed by atoms with Crippen LogP contribution in [-0.2, 0) is 0 Å². The Bertz CT molecular complexity index is 837. The molecule has 1 N–H and O–H groups in total. The third kappa shape index (κ3) is 2.58. The molecule has 0 radical (unpaired) electrons. The van der Waals surface area contributed by atoms with Crippen molar-refractivity contribution in [3.05, 3.63) is 41.7 Å². The number of nitrogens with zero attached hydrogens (tertiary/aromatic N) is 5. The molecule has 1 aliphatic heterocycles. The van der Waals surface area contributed by atoms with Crippen molar-refractivity contribution in [3.8, 4) is 18.2 Å². The zero-order chi connectivity index (χ0) is 18.7. The monoisotopic (exact) mass is 344 g/mol. The van der Waals surface area contributed by atoms with Crippen molar-refractivity contribution in [3.63, 3.8) is 0 Å². The summed E-state index contributed by atoms with van der Waals surface area (Å²) in [7, 11) is 0. The third-order valence-electron chi connectivity index (χ3n) is 5.45. The van der Waals surface area contributed by atoms with Crippen molar-refractivity contribution in [1.29, 1.82) is 21.2 Å². The largest absolute Gasteiger partial charge is 0.305 e. The molecule has 3 rings (SSSR count). The molecule has 1 fully saturated rings. The number of aromatic nitrogens is 1. The highest BCUT2D eigenvalue weighted by Gasteiger charge is 2.57. The van der Waals surface area contributed by atoms with Crippen LogP contribution in [0.1, 0.15) is 24.8 Å². The number of hydrogen-bond acceptors (Lipinski definition) is 6. The average Bonchev–Trinajstić information content (AvgIpc) is 2.68. The second-order valence-electron chi connectivity index (χ2n) is 6.84. The lowest BCUT2D eigenvalue weighted by molar-refractivity contribution is 0.204. The molecule has 1 aromatic rings. The topological polar surface area (TPSA) is 111 Å². The molecule has 3 atom stereocenters. The van der Waals surface area contributed by atoms with Crippen LogP contribution in [0.25, 0.3) is 0 Å². The van der Waals surface area contributed by atoms with Gasteiger partial charge in [0.25, 0.3) is 0 Å². The second kappa shape index (κ2) is 7.08. The van der Waals surface area contributed by atoms with Gasteiger partial charge in [0.1, 0.15) is 5.92 Å². The molecule has 1 aromatic heterocycles. The van der Waals surface area contributed by atoms with Gasteiger partial charge in [-0.1, -0.05) is 19.1 Å². The number of nitrogens with one attached hydrogen (secondary N) is 1. The van der Waals surface area contributed by atoms with Gasteiger partial charge in [-0.2, -0.15) is 15.8 Å². The van der Waals surface area contributed by atoms with E-state index in [-0.39, 0.29) is 11.6 Å². The second-order valence-corrected chi connectivity index (χ2v) is 6.84. The minimum absolute atomic E-state index is 0.106. The molecule has 2 heterocycles. The quantitative estimate of drug-likeness (QED) is 0.847. The zero-order valence-electron chi connectivity index (χ0n) is 14.7. The van der Waals surface area contributed by atoms with E-state index in [9.17, 15) is 15.8 Å². The van der Waals surface area contributed by atoms with Crippen LogP contribution in [0.4, 0.5) is 0 Å². The Hall–Kier alpha value is -3.01.